The summed E-state index contributed by atoms with van der Waals surface area (Å²) in [5.74, 6) is -0.275. The fraction of sp³-hybridized carbons (Fsp3) is 0.500. The lowest BCUT2D eigenvalue weighted by Crippen LogP contribution is -2.40. The van der Waals surface area contributed by atoms with E-state index in [4.69, 9.17) is 10.7 Å². The first-order valence-electron chi connectivity index (χ1n) is 6.65. The summed E-state index contributed by atoms with van der Waals surface area (Å²) in [5, 5.41) is 2.89. The van der Waals surface area contributed by atoms with E-state index in [9.17, 15) is 13.2 Å². The van der Waals surface area contributed by atoms with E-state index in [1.165, 1.54) is 18.6 Å². The molecule has 2 rings (SSSR count). The second-order valence-electron chi connectivity index (χ2n) is 5.86. The number of carbonyl (C=O) groups excluding carboxylic acids is 1. The Morgan fingerprint density at radius 3 is 2.52 bits per heavy atom. The number of halogens is 2. The van der Waals surface area contributed by atoms with Crippen LogP contribution in [-0.4, -0.2) is 20.9 Å². The van der Waals surface area contributed by atoms with Crippen molar-refractivity contribution in [2.45, 2.75) is 38.0 Å². The third-order valence-corrected chi connectivity index (χ3v) is 6.24. The lowest BCUT2D eigenvalue weighted by molar-refractivity contribution is 0.0890. The van der Waals surface area contributed by atoms with Crippen molar-refractivity contribution in [2.75, 3.05) is 6.54 Å². The molecular formula is C14H17BrClNO3S. The number of amides is 1. The Balaban J connectivity index is 2.25. The molecule has 1 amide bonds. The molecule has 1 aliphatic carbocycles. The van der Waals surface area contributed by atoms with Crippen LogP contribution in [0.4, 0.5) is 0 Å². The largest absolute Gasteiger partial charge is 0.351 e. The zero-order valence-electron chi connectivity index (χ0n) is 11.9. The Morgan fingerprint density at radius 1 is 1.43 bits per heavy atom. The zero-order chi connectivity index (χ0) is 15.8. The molecule has 1 fully saturated rings. The summed E-state index contributed by atoms with van der Waals surface area (Å²) in [5.41, 5.74) is 1.18. The van der Waals surface area contributed by atoms with E-state index in [1.807, 2.05) is 0 Å². The lowest BCUT2D eigenvalue weighted by Gasteiger charge is -2.38. The second-order valence-corrected chi connectivity index (χ2v) is 9.28. The Labute approximate surface area is 137 Å². The average Bonchev–Trinajstić information content (AvgIpc) is 2.35. The van der Waals surface area contributed by atoms with Crippen molar-refractivity contribution in [2.24, 2.45) is 5.41 Å². The van der Waals surface area contributed by atoms with Gasteiger partial charge >= 0.3 is 0 Å². The molecule has 1 aromatic carbocycles. The molecule has 0 radical (unpaired) electrons. The van der Waals surface area contributed by atoms with Crippen molar-refractivity contribution < 1.29 is 13.2 Å². The van der Waals surface area contributed by atoms with E-state index < -0.39 is 9.05 Å². The molecule has 0 aliphatic heterocycles. The van der Waals surface area contributed by atoms with Gasteiger partial charge < -0.3 is 5.32 Å². The van der Waals surface area contributed by atoms with Gasteiger partial charge in [0.2, 0.25) is 0 Å². The number of hydrogen-bond donors (Lipinski definition) is 1. The molecule has 0 spiro atoms. The Morgan fingerprint density at radius 2 is 2.05 bits per heavy atom. The molecule has 0 saturated heterocycles. The molecule has 1 N–H and O–H groups in total. The third-order valence-electron chi connectivity index (χ3n) is 4.08. The van der Waals surface area contributed by atoms with Crippen LogP contribution in [0.3, 0.4) is 0 Å². The minimum absolute atomic E-state index is 0.0818. The van der Waals surface area contributed by atoms with Gasteiger partial charge in [0.1, 0.15) is 0 Å². The summed E-state index contributed by atoms with van der Waals surface area (Å²) in [4.78, 5) is 12.2. The zero-order valence-corrected chi connectivity index (χ0v) is 15.0. The van der Waals surface area contributed by atoms with Gasteiger partial charge in [0.15, 0.2) is 0 Å². The van der Waals surface area contributed by atoms with Gasteiger partial charge in [0, 0.05) is 27.3 Å². The van der Waals surface area contributed by atoms with Crippen molar-refractivity contribution >= 4 is 41.6 Å². The maximum absolute atomic E-state index is 12.3. The molecular weight excluding hydrogens is 378 g/mol. The van der Waals surface area contributed by atoms with Crippen molar-refractivity contribution in [3.8, 4) is 0 Å². The van der Waals surface area contributed by atoms with E-state index in [0.29, 0.717) is 22.1 Å². The monoisotopic (exact) mass is 393 g/mol. The molecule has 1 aliphatic rings. The Hall–Kier alpha value is -0.590. The fourth-order valence-corrected chi connectivity index (χ4v) is 3.77. The summed E-state index contributed by atoms with van der Waals surface area (Å²) in [6.45, 7) is 4.49. The second kappa shape index (κ2) is 5.89. The van der Waals surface area contributed by atoms with Crippen LogP contribution in [0.15, 0.2) is 21.5 Å². The number of benzene rings is 1. The van der Waals surface area contributed by atoms with Gasteiger partial charge in [-0.1, -0.05) is 29.3 Å². The SMILES string of the molecule is Cc1c(Br)cc(S(=O)(=O)Cl)cc1C(=O)NCC1(C)CCC1. The van der Waals surface area contributed by atoms with Gasteiger partial charge in [-0.3, -0.25) is 4.79 Å². The van der Waals surface area contributed by atoms with Crippen molar-refractivity contribution in [1.82, 2.24) is 5.32 Å². The number of carbonyl (C=O) groups is 1. The summed E-state index contributed by atoms with van der Waals surface area (Å²) < 4.78 is 23.5. The standard InChI is InChI=1S/C14H17BrClNO3S/c1-9-11(6-10(7-12(9)15)21(16,19)20)13(18)17-8-14(2)4-3-5-14/h6-7H,3-5,8H2,1-2H3,(H,17,18). The molecule has 7 heteroatoms. The molecule has 0 atom stereocenters. The van der Waals surface area contributed by atoms with E-state index in [1.54, 1.807) is 6.92 Å². The van der Waals surface area contributed by atoms with Crippen LogP contribution < -0.4 is 5.32 Å². The number of hydrogen-bond acceptors (Lipinski definition) is 3. The van der Waals surface area contributed by atoms with Gasteiger partial charge in [-0.2, -0.15) is 0 Å². The summed E-state index contributed by atoms with van der Waals surface area (Å²) in [6, 6.07) is 2.72. The molecule has 1 aromatic rings. The number of nitrogens with one attached hydrogen (secondary N) is 1. The van der Waals surface area contributed by atoms with Crippen LogP contribution in [0.1, 0.15) is 42.1 Å². The van der Waals surface area contributed by atoms with Crippen molar-refractivity contribution in [3.05, 3.63) is 27.7 Å². The predicted molar refractivity (Wildman–Crippen MR) is 86.2 cm³/mol. The highest BCUT2D eigenvalue weighted by atomic mass is 79.9. The maximum Gasteiger partial charge on any atom is 0.261 e. The normalized spacial score (nSPS) is 17.1. The Kier molecular flexibility index (Phi) is 4.71. The highest BCUT2D eigenvalue weighted by molar-refractivity contribution is 9.10. The lowest BCUT2D eigenvalue weighted by atomic mass is 9.70. The fourth-order valence-electron chi connectivity index (χ4n) is 2.38. The summed E-state index contributed by atoms with van der Waals surface area (Å²) >= 11 is 3.27. The third kappa shape index (κ3) is 3.79. The van der Waals surface area contributed by atoms with Gasteiger partial charge in [0.05, 0.1) is 4.90 Å². The molecule has 4 nitrogen and oxygen atoms in total. The molecule has 1 saturated carbocycles. The van der Waals surface area contributed by atoms with Crippen molar-refractivity contribution in [3.63, 3.8) is 0 Å². The van der Waals surface area contributed by atoms with Crippen LogP contribution in [0.2, 0.25) is 0 Å². The van der Waals surface area contributed by atoms with Gasteiger partial charge in [-0.05, 0) is 42.9 Å². The number of rotatable bonds is 4. The molecule has 0 bridgehead atoms. The molecule has 21 heavy (non-hydrogen) atoms. The van der Waals surface area contributed by atoms with Gasteiger partial charge in [-0.25, -0.2) is 8.42 Å². The minimum atomic E-state index is -3.87. The van der Waals surface area contributed by atoms with Crippen molar-refractivity contribution in [1.29, 1.82) is 0 Å². The summed E-state index contributed by atoms with van der Waals surface area (Å²) in [7, 11) is 1.49. The average molecular weight is 395 g/mol. The maximum atomic E-state index is 12.3. The first-order valence-corrected chi connectivity index (χ1v) is 9.76. The molecule has 0 aromatic heterocycles. The quantitative estimate of drug-likeness (QED) is 0.794. The highest BCUT2D eigenvalue weighted by Gasteiger charge is 2.32. The first-order chi connectivity index (χ1) is 9.62. The summed E-state index contributed by atoms with van der Waals surface area (Å²) in [6.07, 6.45) is 3.40. The topological polar surface area (TPSA) is 63.2 Å². The van der Waals surface area contributed by atoms with Gasteiger partial charge in [-0.15, -0.1) is 0 Å². The first kappa shape index (κ1) is 16.8. The van der Waals surface area contributed by atoms with E-state index in [2.05, 4.69) is 28.2 Å². The van der Waals surface area contributed by atoms with Crippen LogP contribution >= 0.6 is 26.6 Å². The van der Waals surface area contributed by atoms with E-state index in [0.717, 1.165) is 12.8 Å². The van der Waals surface area contributed by atoms with Gasteiger partial charge in [0.25, 0.3) is 15.0 Å². The van der Waals surface area contributed by atoms with E-state index in [-0.39, 0.29) is 16.2 Å². The minimum Gasteiger partial charge on any atom is -0.351 e. The van der Waals surface area contributed by atoms with Crippen LogP contribution in [-0.2, 0) is 9.05 Å². The highest BCUT2D eigenvalue weighted by Crippen LogP contribution is 2.39. The van der Waals surface area contributed by atoms with Crippen LogP contribution in [0.25, 0.3) is 0 Å². The Bertz CT molecular complexity index is 684. The van der Waals surface area contributed by atoms with E-state index >= 15 is 0 Å². The van der Waals surface area contributed by atoms with Crippen LogP contribution in [0, 0.1) is 12.3 Å². The predicted octanol–water partition coefficient (Wildman–Crippen LogP) is 3.61. The smallest absolute Gasteiger partial charge is 0.261 e. The van der Waals surface area contributed by atoms with Crippen LogP contribution in [0.5, 0.6) is 0 Å². The molecule has 0 heterocycles. The molecule has 0 unspecified atom stereocenters. The molecule has 116 valence electrons.